The fraction of sp³-hybridized carbons (Fsp3) is 0.353. The van der Waals surface area contributed by atoms with Gasteiger partial charge in [0.25, 0.3) is 0 Å². The maximum atomic E-state index is 4.91. The molecule has 6 atom stereocenters. The van der Waals surface area contributed by atoms with Crippen LogP contribution in [0.1, 0.15) is 50.5 Å². The maximum Gasteiger partial charge on any atom is 0.121 e. The normalized spacial score (nSPS) is 25.2. The third-order valence-electron chi connectivity index (χ3n) is 9.35. The molecule has 40 heavy (non-hydrogen) atoms. The van der Waals surface area contributed by atoms with Crippen molar-refractivity contribution in [2.45, 2.75) is 52.9 Å². The van der Waals surface area contributed by atoms with Crippen molar-refractivity contribution in [2.75, 3.05) is 0 Å². The molecule has 4 unspecified atom stereocenters. The Morgan fingerprint density at radius 3 is 2.08 bits per heavy atom. The second-order valence-electron chi connectivity index (χ2n) is 11.9. The van der Waals surface area contributed by atoms with Gasteiger partial charge < -0.3 is 20.6 Å². The molecule has 2 heterocycles. The van der Waals surface area contributed by atoms with Crippen LogP contribution in [0.15, 0.2) is 60.8 Å². The molecule has 0 aliphatic heterocycles. The zero-order valence-electron chi connectivity index (χ0n) is 23.5. The Morgan fingerprint density at radius 2 is 1.38 bits per heavy atom. The van der Waals surface area contributed by atoms with Gasteiger partial charge in [0.2, 0.25) is 0 Å². The summed E-state index contributed by atoms with van der Waals surface area (Å²) in [7, 11) is 0. The highest BCUT2D eigenvalue weighted by Gasteiger charge is 2.42. The third kappa shape index (κ3) is 4.81. The second kappa shape index (κ2) is 9.92. The zero-order valence-corrected chi connectivity index (χ0v) is 23.5. The van der Waals surface area contributed by atoms with E-state index in [4.69, 9.17) is 4.98 Å². The van der Waals surface area contributed by atoms with Crippen LogP contribution in [-0.4, -0.2) is 32.0 Å². The number of nitrogens with one attached hydrogen (secondary N) is 4. The molecule has 5 aromatic rings. The molecule has 6 nitrogen and oxygen atoms in total. The number of fused-ring (bicyclic) bond motifs is 3. The third-order valence-corrected chi connectivity index (χ3v) is 9.35. The van der Waals surface area contributed by atoms with E-state index in [9.17, 15) is 0 Å². The predicted molar refractivity (Wildman–Crippen MR) is 162 cm³/mol. The molecule has 3 aromatic carbocycles. The van der Waals surface area contributed by atoms with Gasteiger partial charge in [-0.05, 0) is 65.0 Å². The number of hydrogen-bond acceptors (Lipinski definition) is 4. The van der Waals surface area contributed by atoms with Gasteiger partial charge in [0, 0.05) is 28.6 Å². The molecule has 2 aromatic heterocycles. The Balaban J connectivity index is 1.02. The number of aromatic amines is 2. The lowest BCUT2D eigenvalue weighted by Gasteiger charge is -2.01. The average Bonchev–Trinajstić information content (AvgIpc) is 3.50. The Bertz CT molecular complexity index is 1730. The van der Waals surface area contributed by atoms with Crippen LogP contribution < -0.4 is 10.6 Å². The Kier molecular flexibility index (Phi) is 6.22. The number of rotatable bonds is 7. The topological polar surface area (TPSA) is 81.4 Å². The van der Waals surface area contributed by atoms with Crippen molar-refractivity contribution in [3.8, 4) is 23.1 Å². The van der Waals surface area contributed by atoms with Crippen molar-refractivity contribution in [2.24, 2.45) is 23.7 Å². The summed E-state index contributed by atoms with van der Waals surface area (Å²) in [5, 5.41) is 9.53. The summed E-state index contributed by atoms with van der Waals surface area (Å²) < 4.78 is 0. The Labute approximate surface area is 235 Å². The van der Waals surface area contributed by atoms with Gasteiger partial charge in [0.05, 0.1) is 36.0 Å². The molecule has 0 bridgehead atoms. The van der Waals surface area contributed by atoms with Crippen molar-refractivity contribution in [3.63, 3.8) is 0 Å². The van der Waals surface area contributed by atoms with Gasteiger partial charge in [-0.15, -0.1) is 0 Å². The molecule has 2 aliphatic carbocycles. The average molecular weight is 529 g/mol. The molecule has 0 radical (unpaired) electrons. The van der Waals surface area contributed by atoms with Gasteiger partial charge in [0.1, 0.15) is 11.6 Å². The van der Waals surface area contributed by atoms with E-state index in [0.717, 1.165) is 92.6 Å². The minimum atomic E-state index is 0.605. The van der Waals surface area contributed by atoms with E-state index in [1.54, 1.807) is 0 Å². The number of H-pyrrole nitrogens is 2. The number of aromatic nitrogens is 4. The maximum absolute atomic E-state index is 4.91. The van der Waals surface area contributed by atoms with E-state index in [1.807, 2.05) is 6.20 Å². The van der Waals surface area contributed by atoms with Crippen LogP contribution in [-0.2, 0) is 13.1 Å². The van der Waals surface area contributed by atoms with E-state index in [0.29, 0.717) is 12.1 Å². The molecule has 0 spiro atoms. The smallest absolute Gasteiger partial charge is 0.121 e. The van der Waals surface area contributed by atoms with E-state index in [-0.39, 0.29) is 0 Å². The quantitative estimate of drug-likeness (QED) is 0.196. The Morgan fingerprint density at radius 1 is 0.725 bits per heavy atom. The number of hydrogen-bond donors (Lipinski definition) is 4. The van der Waals surface area contributed by atoms with E-state index in [1.165, 1.54) is 0 Å². The summed E-state index contributed by atoms with van der Waals surface area (Å²) in [6.45, 7) is 10.7. The molecule has 2 aliphatic rings. The van der Waals surface area contributed by atoms with Gasteiger partial charge in [-0.25, -0.2) is 9.97 Å². The van der Waals surface area contributed by atoms with Crippen LogP contribution in [0, 0.1) is 35.5 Å². The monoisotopic (exact) mass is 528 g/mol. The second-order valence-corrected chi connectivity index (χ2v) is 11.9. The first-order valence-electron chi connectivity index (χ1n) is 14.5. The van der Waals surface area contributed by atoms with Crippen LogP contribution >= 0.6 is 0 Å². The summed E-state index contributed by atoms with van der Waals surface area (Å²) in [5.41, 5.74) is 6.23. The fourth-order valence-corrected chi connectivity index (χ4v) is 5.99. The minimum Gasteiger partial charge on any atom is -0.341 e. The van der Waals surface area contributed by atoms with Gasteiger partial charge in [0.15, 0.2) is 0 Å². The van der Waals surface area contributed by atoms with Gasteiger partial charge in [-0.1, -0.05) is 63.8 Å². The van der Waals surface area contributed by atoms with Crippen molar-refractivity contribution in [1.82, 2.24) is 30.6 Å². The summed E-state index contributed by atoms with van der Waals surface area (Å²) >= 11 is 0. The lowest BCUT2D eigenvalue weighted by Crippen LogP contribution is -2.19. The summed E-state index contributed by atoms with van der Waals surface area (Å²) in [5.74, 6) is 11.6. The summed E-state index contributed by atoms with van der Waals surface area (Å²) in [4.78, 5) is 16.4. The van der Waals surface area contributed by atoms with Gasteiger partial charge >= 0.3 is 0 Å². The number of imidazole rings is 2. The largest absolute Gasteiger partial charge is 0.341 e. The zero-order chi connectivity index (χ0) is 27.4. The first-order chi connectivity index (χ1) is 19.4. The lowest BCUT2D eigenvalue weighted by atomic mass is 10.1. The van der Waals surface area contributed by atoms with Crippen LogP contribution in [0.3, 0.4) is 0 Å². The molecule has 2 fully saturated rings. The highest BCUT2D eigenvalue weighted by molar-refractivity contribution is 6.04. The van der Waals surface area contributed by atoms with Gasteiger partial charge in [-0.2, -0.15) is 0 Å². The summed E-state index contributed by atoms with van der Waals surface area (Å²) in [6, 6.07) is 20.2. The first kappa shape index (κ1) is 25.1. The SMILES string of the molecule is CC1C(NCc2ncc(-c3ccc(C#Cc4ccc5c(ccc6[nH]c(CNC7C(C)[C@H]7C)nc65)c4)cc3)[nH]2)[C@@H]1C. The molecule has 0 saturated heterocycles. The van der Waals surface area contributed by atoms with Crippen LogP contribution in [0.4, 0.5) is 0 Å². The van der Waals surface area contributed by atoms with Crippen molar-refractivity contribution in [1.29, 1.82) is 0 Å². The van der Waals surface area contributed by atoms with E-state index >= 15 is 0 Å². The molecule has 4 N–H and O–H groups in total. The number of benzene rings is 3. The molecule has 0 amide bonds. The highest BCUT2D eigenvalue weighted by Crippen LogP contribution is 2.38. The molecule has 202 valence electrons. The number of nitrogens with zero attached hydrogens (tertiary/aromatic N) is 2. The van der Waals surface area contributed by atoms with E-state index in [2.05, 4.69) is 120 Å². The lowest BCUT2D eigenvalue weighted by molar-refractivity contribution is 0.622. The summed E-state index contributed by atoms with van der Waals surface area (Å²) in [6.07, 6.45) is 1.91. The molecule has 6 heteroatoms. The first-order valence-corrected chi connectivity index (χ1v) is 14.5. The van der Waals surface area contributed by atoms with Crippen LogP contribution in [0.5, 0.6) is 0 Å². The van der Waals surface area contributed by atoms with E-state index < -0.39 is 0 Å². The molecule has 2 saturated carbocycles. The fourth-order valence-electron chi connectivity index (χ4n) is 5.99. The molecule has 7 rings (SSSR count). The van der Waals surface area contributed by atoms with Crippen molar-refractivity contribution >= 4 is 21.8 Å². The standard InChI is InChI=1S/C34H36N6/c1-19-20(2)32(19)36-17-30-35-16-29(39-30)25-10-7-23(8-11-25)5-6-24-9-13-27-26(15-24)12-14-28-34(27)40-31(38-28)18-37-33-21(3)22(33)4/h7-16,19-22,32-33,36-37H,17-18H2,1-4H3,(H,35,39)(H,38,40)/t19-,20?,21-,22?,32?,33?/m1/s1. The van der Waals surface area contributed by atoms with Gasteiger partial charge in [-0.3, -0.25) is 0 Å². The predicted octanol–water partition coefficient (Wildman–Crippen LogP) is 5.99. The highest BCUT2D eigenvalue weighted by atomic mass is 15.0. The van der Waals surface area contributed by atoms with Crippen LogP contribution in [0.25, 0.3) is 33.1 Å². The minimum absolute atomic E-state index is 0.605. The van der Waals surface area contributed by atoms with Crippen molar-refractivity contribution < 1.29 is 0 Å². The molecular weight excluding hydrogens is 492 g/mol. The van der Waals surface area contributed by atoms with Crippen molar-refractivity contribution in [3.05, 3.63) is 83.6 Å². The molecular formula is C34H36N6. The Hall–Kier alpha value is -3.92. The van der Waals surface area contributed by atoms with Crippen LogP contribution in [0.2, 0.25) is 0 Å².